The molecule has 0 amide bonds. The summed E-state index contributed by atoms with van der Waals surface area (Å²) in [6.07, 6.45) is 3.24. The van der Waals surface area contributed by atoms with E-state index in [0.29, 0.717) is 29.8 Å². The molecule has 2 aromatic heterocycles. The lowest BCUT2D eigenvalue weighted by Gasteiger charge is -2.21. The van der Waals surface area contributed by atoms with E-state index in [2.05, 4.69) is 24.8 Å². The average molecular weight is 400 g/mol. The zero-order chi connectivity index (χ0) is 19.3. The monoisotopic (exact) mass is 400 g/mol. The van der Waals surface area contributed by atoms with E-state index in [0.717, 1.165) is 24.1 Å². The molecular formula is C18H20N6O3S. The Labute approximate surface area is 162 Å². The highest BCUT2D eigenvalue weighted by Gasteiger charge is 2.45. The van der Waals surface area contributed by atoms with Crippen molar-refractivity contribution in [1.82, 2.24) is 24.2 Å². The molecule has 1 aromatic carbocycles. The van der Waals surface area contributed by atoms with Crippen LogP contribution in [0.4, 0.5) is 5.95 Å². The summed E-state index contributed by atoms with van der Waals surface area (Å²) in [7, 11) is -1.95. The summed E-state index contributed by atoms with van der Waals surface area (Å²) < 4.78 is 33.0. The van der Waals surface area contributed by atoms with E-state index < -0.39 is 10.0 Å². The van der Waals surface area contributed by atoms with Crippen LogP contribution in [-0.2, 0) is 10.0 Å². The summed E-state index contributed by atoms with van der Waals surface area (Å²) in [5.74, 6) is 1.69. The first-order chi connectivity index (χ1) is 13.5. The summed E-state index contributed by atoms with van der Waals surface area (Å²) in [4.78, 5) is 18.2. The number of imidazole rings is 1. The Kier molecular flexibility index (Phi) is 3.98. The van der Waals surface area contributed by atoms with Gasteiger partial charge in [0.15, 0.2) is 0 Å². The van der Waals surface area contributed by atoms with Gasteiger partial charge in [0.25, 0.3) is 0 Å². The van der Waals surface area contributed by atoms with Crippen molar-refractivity contribution in [3.8, 4) is 5.88 Å². The van der Waals surface area contributed by atoms with E-state index in [-0.39, 0.29) is 11.8 Å². The Balaban J connectivity index is 1.33. The van der Waals surface area contributed by atoms with Gasteiger partial charge < -0.3 is 14.6 Å². The number of anilines is 1. The number of aromatic nitrogens is 4. The first-order valence-corrected chi connectivity index (χ1v) is 10.5. The largest absolute Gasteiger partial charge is 0.481 e. The van der Waals surface area contributed by atoms with Gasteiger partial charge in [-0.2, -0.15) is 9.29 Å². The van der Waals surface area contributed by atoms with Crippen LogP contribution in [0.1, 0.15) is 0 Å². The maximum Gasteiger partial charge on any atom is 0.243 e. The fourth-order valence-corrected chi connectivity index (χ4v) is 5.71. The SMILES string of the molecule is COc1ccnc(N2CC3CN(S(=O)(=O)c4ccc5nc[nH]c5c4)CC3C2)n1. The molecule has 0 spiro atoms. The zero-order valence-corrected chi connectivity index (χ0v) is 16.1. The first-order valence-electron chi connectivity index (χ1n) is 9.10. The van der Waals surface area contributed by atoms with E-state index >= 15 is 0 Å². The Morgan fingerprint density at radius 2 is 1.89 bits per heavy atom. The van der Waals surface area contributed by atoms with Crippen LogP contribution in [0.3, 0.4) is 0 Å². The number of methoxy groups -OCH3 is 1. The third-order valence-electron chi connectivity index (χ3n) is 5.59. The average Bonchev–Trinajstić information content (AvgIpc) is 3.41. The minimum Gasteiger partial charge on any atom is -0.481 e. The third-order valence-corrected chi connectivity index (χ3v) is 7.42. The Morgan fingerprint density at radius 1 is 1.11 bits per heavy atom. The van der Waals surface area contributed by atoms with Crippen LogP contribution in [-0.4, -0.2) is 65.9 Å². The quantitative estimate of drug-likeness (QED) is 0.700. The van der Waals surface area contributed by atoms with Crippen LogP contribution in [0.15, 0.2) is 41.7 Å². The molecule has 0 saturated carbocycles. The molecule has 28 heavy (non-hydrogen) atoms. The zero-order valence-electron chi connectivity index (χ0n) is 15.3. The molecule has 3 aromatic rings. The molecule has 0 radical (unpaired) electrons. The predicted octanol–water partition coefficient (Wildman–Crippen LogP) is 1.12. The molecule has 5 rings (SSSR count). The second kappa shape index (κ2) is 6.42. The topological polar surface area (TPSA) is 104 Å². The van der Waals surface area contributed by atoms with Gasteiger partial charge in [0.1, 0.15) is 0 Å². The van der Waals surface area contributed by atoms with Crippen molar-refractivity contribution in [2.24, 2.45) is 11.8 Å². The molecule has 2 unspecified atom stereocenters. The van der Waals surface area contributed by atoms with Crippen molar-refractivity contribution in [3.63, 3.8) is 0 Å². The van der Waals surface area contributed by atoms with Crippen LogP contribution < -0.4 is 9.64 Å². The smallest absolute Gasteiger partial charge is 0.243 e. The molecule has 2 fully saturated rings. The second-order valence-electron chi connectivity index (χ2n) is 7.23. The summed E-state index contributed by atoms with van der Waals surface area (Å²) in [5, 5.41) is 0. The van der Waals surface area contributed by atoms with Gasteiger partial charge >= 0.3 is 0 Å². The number of ether oxygens (including phenoxy) is 1. The molecule has 9 nitrogen and oxygen atoms in total. The van der Waals surface area contributed by atoms with Crippen molar-refractivity contribution >= 4 is 27.0 Å². The fourth-order valence-electron chi connectivity index (χ4n) is 4.13. The number of nitrogens with one attached hydrogen (secondary N) is 1. The standard InChI is InChI=1S/C18H20N6O3S/c1-27-17-4-5-19-18(22-17)23-7-12-9-24(10-13(12)8-23)28(25,26)14-2-3-15-16(6-14)21-11-20-15/h2-6,11-13H,7-10H2,1H3,(H,20,21). The van der Waals surface area contributed by atoms with Crippen molar-refractivity contribution in [3.05, 3.63) is 36.8 Å². The van der Waals surface area contributed by atoms with Gasteiger partial charge in [-0.3, -0.25) is 0 Å². The summed E-state index contributed by atoms with van der Waals surface area (Å²) in [6, 6.07) is 6.73. The lowest BCUT2D eigenvalue weighted by Crippen LogP contribution is -2.33. The van der Waals surface area contributed by atoms with Crippen LogP contribution in [0.2, 0.25) is 0 Å². The minimum atomic E-state index is -3.53. The van der Waals surface area contributed by atoms with Gasteiger partial charge in [-0.15, -0.1) is 0 Å². The van der Waals surface area contributed by atoms with Gasteiger partial charge in [-0.1, -0.05) is 0 Å². The van der Waals surface area contributed by atoms with E-state index in [9.17, 15) is 8.42 Å². The third kappa shape index (κ3) is 2.80. The molecule has 0 bridgehead atoms. The van der Waals surface area contributed by atoms with Crippen molar-refractivity contribution < 1.29 is 13.2 Å². The number of benzene rings is 1. The molecule has 1 N–H and O–H groups in total. The molecular weight excluding hydrogens is 380 g/mol. The highest BCUT2D eigenvalue weighted by molar-refractivity contribution is 7.89. The Bertz CT molecular complexity index is 1120. The number of hydrogen-bond acceptors (Lipinski definition) is 7. The van der Waals surface area contributed by atoms with E-state index in [1.807, 2.05) is 0 Å². The van der Waals surface area contributed by atoms with E-state index in [1.165, 1.54) is 0 Å². The van der Waals surface area contributed by atoms with Gasteiger partial charge in [0.2, 0.25) is 21.9 Å². The van der Waals surface area contributed by atoms with Gasteiger partial charge in [0.05, 0.1) is 29.4 Å². The number of H-pyrrole nitrogens is 1. The molecule has 2 aliphatic rings. The second-order valence-corrected chi connectivity index (χ2v) is 9.17. The number of fused-ring (bicyclic) bond motifs is 2. The van der Waals surface area contributed by atoms with Crippen molar-refractivity contribution in [2.45, 2.75) is 4.90 Å². The fraction of sp³-hybridized carbons (Fsp3) is 0.389. The number of nitrogens with zero attached hydrogens (tertiary/aromatic N) is 5. The molecule has 0 aliphatic carbocycles. The first kappa shape index (κ1) is 17.4. The van der Waals surface area contributed by atoms with Gasteiger partial charge in [-0.25, -0.2) is 18.4 Å². The molecule has 10 heteroatoms. The molecule has 2 aliphatic heterocycles. The maximum absolute atomic E-state index is 13.1. The molecule has 146 valence electrons. The van der Waals surface area contributed by atoms with E-state index in [4.69, 9.17) is 4.74 Å². The van der Waals surface area contributed by atoms with Crippen molar-refractivity contribution in [2.75, 3.05) is 38.2 Å². The predicted molar refractivity (Wildman–Crippen MR) is 103 cm³/mol. The van der Waals surface area contributed by atoms with Crippen LogP contribution in [0.5, 0.6) is 5.88 Å². The number of hydrogen-bond donors (Lipinski definition) is 1. The van der Waals surface area contributed by atoms with Crippen LogP contribution in [0.25, 0.3) is 11.0 Å². The van der Waals surface area contributed by atoms with Crippen molar-refractivity contribution in [1.29, 1.82) is 0 Å². The Hall–Kier alpha value is -2.72. The minimum absolute atomic E-state index is 0.264. The molecule has 4 heterocycles. The number of rotatable bonds is 4. The van der Waals surface area contributed by atoms with Gasteiger partial charge in [-0.05, 0) is 30.0 Å². The number of sulfonamides is 1. The summed E-state index contributed by atoms with van der Waals surface area (Å²) in [5.41, 5.74) is 1.48. The highest BCUT2D eigenvalue weighted by Crippen LogP contribution is 2.36. The normalized spacial score (nSPS) is 22.7. The highest BCUT2D eigenvalue weighted by atomic mass is 32.2. The van der Waals surface area contributed by atoms with Crippen LogP contribution in [0, 0.1) is 11.8 Å². The summed E-state index contributed by atoms with van der Waals surface area (Å²) >= 11 is 0. The molecule has 2 saturated heterocycles. The Morgan fingerprint density at radius 3 is 2.64 bits per heavy atom. The number of aromatic amines is 1. The lowest BCUT2D eigenvalue weighted by molar-refractivity contribution is 0.396. The van der Waals surface area contributed by atoms with Gasteiger partial charge in [0, 0.05) is 38.4 Å². The maximum atomic E-state index is 13.1. The van der Waals surface area contributed by atoms with Crippen LogP contribution >= 0.6 is 0 Å². The lowest BCUT2D eigenvalue weighted by atomic mass is 10.0. The van der Waals surface area contributed by atoms with E-state index in [1.54, 1.807) is 48.2 Å². The summed E-state index contributed by atoms with van der Waals surface area (Å²) in [6.45, 7) is 2.50. The molecule has 2 atom stereocenters.